The molecular weight excluding hydrogens is 214 g/mol. The molecule has 0 bridgehead atoms. The largest absolute Gasteiger partial charge is 0.379 e. The minimum Gasteiger partial charge on any atom is -0.379 e. The quantitative estimate of drug-likeness (QED) is 0.815. The Balaban J connectivity index is 2.21. The number of thioether (sulfide) groups is 1. The summed E-state index contributed by atoms with van der Waals surface area (Å²) in [6, 6.07) is -0.0694. The van der Waals surface area contributed by atoms with Gasteiger partial charge in [-0.3, -0.25) is 0 Å². The fourth-order valence-electron chi connectivity index (χ4n) is 1.58. The van der Waals surface area contributed by atoms with E-state index in [-0.39, 0.29) is 11.5 Å². The molecule has 2 N–H and O–H groups in total. The van der Waals surface area contributed by atoms with Crippen LogP contribution < -0.4 is 5.73 Å². The summed E-state index contributed by atoms with van der Waals surface area (Å²) < 4.78 is 10.6. The molecule has 0 radical (unpaired) electrons. The zero-order valence-corrected chi connectivity index (χ0v) is 9.71. The molecule has 2 heterocycles. The predicted molar refractivity (Wildman–Crippen MR) is 57.7 cm³/mol. The highest BCUT2D eigenvalue weighted by atomic mass is 32.2. The molecule has 0 aromatic carbocycles. The van der Waals surface area contributed by atoms with Crippen LogP contribution in [0.25, 0.3) is 0 Å². The first-order chi connectivity index (χ1) is 7.16. The molecule has 0 amide bonds. The van der Waals surface area contributed by atoms with Crippen LogP contribution in [0, 0.1) is 0 Å². The maximum Gasteiger partial charge on any atom is 0.236 e. The third kappa shape index (κ3) is 1.89. The van der Waals surface area contributed by atoms with Gasteiger partial charge >= 0.3 is 0 Å². The Morgan fingerprint density at radius 2 is 2.47 bits per heavy atom. The molecule has 0 spiro atoms. The summed E-state index contributed by atoms with van der Waals surface area (Å²) in [5.74, 6) is 2.07. The Morgan fingerprint density at radius 1 is 1.67 bits per heavy atom. The van der Waals surface area contributed by atoms with E-state index in [0.29, 0.717) is 19.1 Å². The molecule has 0 aliphatic carbocycles. The van der Waals surface area contributed by atoms with Gasteiger partial charge in [-0.15, -0.1) is 0 Å². The lowest BCUT2D eigenvalue weighted by Gasteiger charge is -2.21. The van der Waals surface area contributed by atoms with Gasteiger partial charge in [0, 0.05) is 6.04 Å². The van der Waals surface area contributed by atoms with E-state index in [0.717, 1.165) is 11.6 Å². The molecule has 0 saturated carbocycles. The van der Waals surface area contributed by atoms with Gasteiger partial charge in [-0.05, 0) is 13.2 Å². The molecule has 5 nitrogen and oxygen atoms in total. The summed E-state index contributed by atoms with van der Waals surface area (Å²) in [5, 5.41) is 3.91. The summed E-state index contributed by atoms with van der Waals surface area (Å²) in [6.07, 6.45) is 2.00. The van der Waals surface area contributed by atoms with E-state index >= 15 is 0 Å². The van der Waals surface area contributed by atoms with Gasteiger partial charge in [-0.2, -0.15) is 16.7 Å². The maximum atomic E-state index is 5.97. The minimum atomic E-state index is -0.330. The van der Waals surface area contributed by atoms with Crippen LogP contribution in [0.2, 0.25) is 0 Å². The first-order valence-corrected chi connectivity index (χ1v) is 6.21. The van der Waals surface area contributed by atoms with Gasteiger partial charge in [0.15, 0.2) is 5.82 Å². The third-order valence-corrected chi connectivity index (χ3v) is 3.29. The zero-order valence-electron chi connectivity index (χ0n) is 8.90. The Bertz CT molecular complexity index is 344. The van der Waals surface area contributed by atoms with Crippen molar-refractivity contribution in [3.63, 3.8) is 0 Å². The van der Waals surface area contributed by atoms with Crippen LogP contribution in [0.1, 0.15) is 18.6 Å². The van der Waals surface area contributed by atoms with Gasteiger partial charge in [-0.25, -0.2) is 0 Å². The van der Waals surface area contributed by atoms with E-state index in [2.05, 4.69) is 10.1 Å². The van der Waals surface area contributed by atoms with Crippen LogP contribution in [0.3, 0.4) is 0 Å². The van der Waals surface area contributed by atoms with Crippen LogP contribution in [-0.2, 0) is 15.9 Å². The number of nitrogens with zero attached hydrogens (tertiary/aromatic N) is 2. The van der Waals surface area contributed by atoms with Crippen molar-refractivity contribution in [3.8, 4) is 0 Å². The van der Waals surface area contributed by atoms with Crippen molar-refractivity contribution in [1.29, 1.82) is 0 Å². The third-order valence-electron chi connectivity index (χ3n) is 2.75. The highest BCUT2D eigenvalue weighted by Gasteiger charge is 2.44. The average Bonchev–Trinajstić information content (AvgIpc) is 2.77. The van der Waals surface area contributed by atoms with Crippen molar-refractivity contribution in [2.45, 2.75) is 24.1 Å². The lowest BCUT2D eigenvalue weighted by Crippen LogP contribution is -2.42. The van der Waals surface area contributed by atoms with E-state index in [1.165, 1.54) is 0 Å². The van der Waals surface area contributed by atoms with Crippen molar-refractivity contribution in [2.24, 2.45) is 5.73 Å². The minimum absolute atomic E-state index is 0.0694. The fourth-order valence-corrected chi connectivity index (χ4v) is 1.96. The van der Waals surface area contributed by atoms with Crippen molar-refractivity contribution in [3.05, 3.63) is 11.7 Å². The van der Waals surface area contributed by atoms with Crippen LogP contribution in [-0.4, -0.2) is 35.7 Å². The second-order valence-corrected chi connectivity index (χ2v) is 4.85. The molecule has 84 valence electrons. The van der Waals surface area contributed by atoms with Crippen LogP contribution in [0.5, 0.6) is 0 Å². The summed E-state index contributed by atoms with van der Waals surface area (Å²) in [7, 11) is 0. The number of aromatic nitrogens is 2. The van der Waals surface area contributed by atoms with Gasteiger partial charge < -0.3 is 15.0 Å². The highest BCUT2D eigenvalue weighted by Crippen LogP contribution is 2.30. The van der Waals surface area contributed by atoms with Gasteiger partial charge in [0.2, 0.25) is 5.89 Å². The van der Waals surface area contributed by atoms with E-state index < -0.39 is 0 Å². The number of hydrogen-bond donors (Lipinski definition) is 1. The summed E-state index contributed by atoms with van der Waals surface area (Å²) in [5.41, 5.74) is 5.64. The van der Waals surface area contributed by atoms with Crippen LogP contribution in [0.4, 0.5) is 0 Å². The molecule has 2 unspecified atom stereocenters. The SMILES string of the molecule is CSCc1noc(C2(C)COCC2N)n1. The second-order valence-electron chi connectivity index (χ2n) is 3.99. The van der Waals surface area contributed by atoms with E-state index in [9.17, 15) is 0 Å². The standard InChI is InChI=1S/C9H15N3O2S/c1-9(5-13-3-6(9)10)8-11-7(4-15-2)12-14-8/h6H,3-5,10H2,1-2H3. The number of ether oxygens (including phenoxy) is 1. The molecule has 1 aliphatic rings. The lowest BCUT2D eigenvalue weighted by atomic mass is 9.86. The van der Waals surface area contributed by atoms with Crippen molar-refractivity contribution in [1.82, 2.24) is 10.1 Å². The van der Waals surface area contributed by atoms with Crippen LogP contribution >= 0.6 is 11.8 Å². The highest BCUT2D eigenvalue weighted by molar-refractivity contribution is 7.97. The molecule has 1 aromatic heterocycles. The number of hydrogen-bond acceptors (Lipinski definition) is 6. The normalized spacial score (nSPS) is 31.0. The molecule has 2 rings (SSSR count). The molecule has 1 saturated heterocycles. The lowest BCUT2D eigenvalue weighted by molar-refractivity contribution is 0.169. The molecular formula is C9H15N3O2S. The smallest absolute Gasteiger partial charge is 0.236 e. The zero-order chi connectivity index (χ0) is 10.9. The summed E-state index contributed by atoms with van der Waals surface area (Å²) >= 11 is 1.66. The van der Waals surface area contributed by atoms with Crippen LogP contribution in [0.15, 0.2) is 4.52 Å². The van der Waals surface area contributed by atoms with E-state index in [4.69, 9.17) is 15.0 Å². The number of nitrogens with two attached hydrogens (primary N) is 1. The molecule has 1 aliphatic heterocycles. The summed E-state index contributed by atoms with van der Waals surface area (Å²) in [4.78, 5) is 4.35. The molecule has 1 aromatic rings. The first kappa shape index (κ1) is 10.9. The fraction of sp³-hybridized carbons (Fsp3) is 0.778. The Labute approximate surface area is 92.7 Å². The predicted octanol–water partition coefficient (Wildman–Crippen LogP) is 0.548. The van der Waals surface area contributed by atoms with E-state index in [1.54, 1.807) is 11.8 Å². The Kier molecular flexibility index (Phi) is 2.99. The van der Waals surface area contributed by atoms with Crippen molar-refractivity contribution >= 4 is 11.8 Å². The van der Waals surface area contributed by atoms with Gasteiger partial charge in [0.05, 0.1) is 24.4 Å². The van der Waals surface area contributed by atoms with Crippen molar-refractivity contribution < 1.29 is 9.26 Å². The molecule has 15 heavy (non-hydrogen) atoms. The topological polar surface area (TPSA) is 74.2 Å². The number of rotatable bonds is 3. The maximum absolute atomic E-state index is 5.97. The first-order valence-electron chi connectivity index (χ1n) is 4.82. The molecule has 1 fully saturated rings. The Morgan fingerprint density at radius 3 is 3.07 bits per heavy atom. The van der Waals surface area contributed by atoms with E-state index in [1.807, 2.05) is 13.2 Å². The van der Waals surface area contributed by atoms with Gasteiger partial charge in [0.25, 0.3) is 0 Å². The molecule has 6 heteroatoms. The monoisotopic (exact) mass is 229 g/mol. The summed E-state index contributed by atoms with van der Waals surface area (Å²) in [6.45, 7) is 3.10. The molecule has 2 atom stereocenters. The second kappa shape index (κ2) is 4.11. The van der Waals surface area contributed by atoms with Gasteiger partial charge in [-0.1, -0.05) is 5.16 Å². The van der Waals surface area contributed by atoms with Gasteiger partial charge in [0.1, 0.15) is 0 Å². The van der Waals surface area contributed by atoms with Crippen molar-refractivity contribution in [2.75, 3.05) is 19.5 Å². The Hall–Kier alpha value is -0.590. The average molecular weight is 229 g/mol.